The van der Waals surface area contributed by atoms with Crippen molar-refractivity contribution in [2.45, 2.75) is 0 Å². The van der Waals surface area contributed by atoms with Crippen LogP contribution >= 0.6 is 11.6 Å². The maximum atomic E-state index is 11.1. The van der Waals surface area contributed by atoms with Gasteiger partial charge in [-0.3, -0.25) is 4.79 Å². The number of hydrogen-bond donors (Lipinski definition) is 1. The van der Waals surface area contributed by atoms with Gasteiger partial charge in [0.2, 0.25) is 0 Å². The van der Waals surface area contributed by atoms with Crippen LogP contribution in [0.4, 0.5) is 0 Å². The average Bonchev–Trinajstić information content (AvgIpc) is 2.04. The highest BCUT2D eigenvalue weighted by atomic mass is 35.5. The maximum Gasteiger partial charge on any atom is 0.263 e. The summed E-state index contributed by atoms with van der Waals surface area (Å²) in [7, 11) is 0. The lowest BCUT2D eigenvalue weighted by molar-refractivity contribution is 1.11. The van der Waals surface area contributed by atoms with Crippen molar-refractivity contribution in [3.05, 3.63) is 28.2 Å². The fourth-order valence-corrected chi connectivity index (χ4v) is 1.09. The third kappa shape index (κ3) is 0.947. The highest BCUT2D eigenvalue weighted by Crippen LogP contribution is 2.10. The standard InChI is InChI=1S/C6H3ClN4O/c7-4-3-5(9-1-8-4)10-2-11-6(3)12/h1-2H,(H,8,9,10,11,12). The van der Waals surface area contributed by atoms with Gasteiger partial charge in [-0.05, 0) is 0 Å². The first kappa shape index (κ1) is 7.17. The van der Waals surface area contributed by atoms with Crippen molar-refractivity contribution in [2.75, 3.05) is 0 Å². The number of aromatic amines is 1. The van der Waals surface area contributed by atoms with E-state index >= 15 is 0 Å². The zero-order valence-corrected chi connectivity index (χ0v) is 6.54. The summed E-state index contributed by atoms with van der Waals surface area (Å²) < 4.78 is 0. The minimum atomic E-state index is -0.328. The second kappa shape index (κ2) is 2.53. The molecule has 0 aliphatic rings. The first-order chi connectivity index (χ1) is 5.79. The molecule has 1 N–H and O–H groups in total. The van der Waals surface area contributed by atoms with Gasteiger partial charge in [0.15, 0.2) is 5.65 Å². The molecule has 0 aliphatic heterocycles. The lowest BCUT2D eigenvalue weighted by Gasteiger charge is -1.93. The monoisotopic (exact) mass is 182 g/mol. The Labute approximate surface area is 71.5 Å². The zero-order valence-electron chi connectivity index (χ0n) is 5.78. The summed E-state index contributed by atoms with van der Waals surface area (Å²) in [5.41, 5.74) is -0.0237. The molecule has 60 valence electrons. The zero-order chi connectivity index (χ0) is 8.55. The lowest BCUT2D eigenvalue weighted by atomic mass is 10.4. The number of H-pyrrole nitrogens is 1. The highest BCUT2D eigenvalue weighted by Gasteiger charge is 2.04. The van der Waals surface area contributed by atoms with E-state index in [4.69, 9.17) is 11.6 Å². The van der Waals surface area contributed by atoms with Gasteiger partial charge in [0.1, 0.15) is 16.9 Å². The van der Waals surface area contributed by atoms with Crippen molar-refractivity contribution >= 4 is 22.6 Å². The van der Waals surface area contributed by atoms with Crippen molar-refractivity contribution in [3.8, 4) is 0 Å². The fourth-order valence-electron chi connectivity index (χ4n) is 0.873. The van der Waals surface area contributed by atoms with E-state index in [9.17, 15) is 4.79 Å². The molecule has 0 saturated carbocycles. The SMILES string of the molecule is O=c1[nH]cnc2ncnc(Cl)c12. The number of aromatic nitrogens is 4. The minimum Gasteiger partial charge on any atom is -0.312 e. The summed E-state index contributed by atoms with van der Waals surface area (Å²) in [4.78, 5) is 24.8. The van der Waals surface area contributed by atoms with E-state index in [0.29, 0.717) is 5.65 Å². The highest BCUT2D eigenvalue weighted by molar-refractivity contribution is 6.33. The molecule has 6 heteroatoms. The molecule has 0 radical (unpaired) electrons. The van der Waals surface area contributed by atoms with Crippen LogP contribution < -0.4 is 5.56 Å². The van der Waals surface area contributed by atoms with E-state index in [2.05, 4.69) is 19.9 Å². The van der Waals surface area contributed by atoms with Crippen LogP contribution in [-0.2, 0) is 0 Å². The van der Waals surface area contributed by atoms with E-state index in [0.717, 1.165) is 0 Å². The molecule has 0 amide bonds. The normalized spacial score (nSPS) is 10.4. The molecule has 5 nitrogen and oxygen atoms in total. The number of halogens is 1. The Hall–Kier alpha value is -1.49. The molecule has 2 aromatic heterocycles. The summed E-state index contributed by atoms with van der Waals surface area (Å²) in [6, 6.07) is 0. The molecule has 2 aromatic rings. The lowest BCUT2D eigenvalue weighted by Crippen LogP contribution is -2.08. The second-order valence-corrected chi connectivity index (χ2v) is 2.45. The third-order valence-corrected chi connectivity index (χ3v) is 1.68. The van der Waals surface area contributed by atoms with E-state index in [-0.39, 0.29) is 16.1 Å². The van der Waals surface area contributed by atoms with E-state index < -0.39 is 0 Å². The number of nitrogens with one attached hydrogen (secondary N) is 1. The van der Waals surface area contributed by atoms with Gasteiger partial charge in [0.25, 0.3) is 5.56 Å². The molecule has 0 spiro atoms. The van der Waals surface area contributed by atoms with Crippen LogP contribution in [-0.4, -0.2) is 19.9 Å². The topological polar surface area (TPSA) is 71.5 Å². The largest absolute Gasteiger partial charge is 0.312 e. The number of rotatable bonds is 0. The Balaban J connectivity index is 3.07. The van der Waals surface area contributed by atoms with Crippen molar-refractivity contribution in [3.63, 3.8) is 0 Å². The Morgan fingerprint density at radius 1 is 1.33 bits per heavy atom. The molecule has 12 heavy (non-hydrogen) atoms. The Kier molecular flexibility index (Phi) is 1.51. The Morgan fingerprint density at radius 3 is 2.92 bits per heavy atom. The van der Waals surface area contributed by atoms with Crippen LogP contribution in [0.15, 0.2) is 17.4 Å². The molecule has 0 fully saturated rings. The quantitative estimate of drug-likeness (QED) is 0.598. The first-order valence-electron chi connectivity index (χ1n) is 3.13. The van der Waals surface area contributed by atoms with Gasteiger partial charge >= 0.3 is 0 Å². The van der Waals surface area contributed by atoms with Crippen molar-refractivity contribution < 1.29 is 0 Å². The molecular weight excluding hydrogens is 180 g/mol. The Bertz CT molecular complexity index is 475. The summed E-state index contributed by atoms with van der Waals surface area (Å²) in [5.74, 6) is 0. The van der Waals surface area contributed by atoms with Gasteiger partial charge in [-0.2, -0.15) is 0 Å². The molecular formula is C6H3ClN4O. The van der Waals surface area contributed by atoms with Gasteiger partial charge in [-0.1, -0.05) is 11.6 Å². The second-order valence-electron chi connectivity index (χ2n) is 2.09. The van der Waals surface area contributed by atoms with Crippen LogP contribution in [0.5, 0.6) is 0 Å². The fraction of sp³-hybridized carbons (Fsp3) is 0. The molecule has 2 rings (SSSR count). The van der Waals surface area contributed by atoms with E-state index in [1.165, 1.54) is 12.7 Å². The third-order valence-electron chi connectivity index (χ3n) is 1.39. The van der Waals surface area contributed by atoms with Crippen LogP contribution in [0.3, 0.4) is 0 Å². The van der Waals surface area contributed by atoms with Gasteiger partial charge in [0, 0.05) is 0 Å². The number of fused-ring (bicyclic) bond motifs is 1. The van der Waals surface area contributed by atoms with Crippen LogP contribution in [0, 0.1) is 0 Å². The molecule has 0 saturated heterocycles. The summed E-state index contributed by atoms with van der Waals surface area (Å²) in [6.45, 7) is 0. The molecule has 2 heterocycles. The van der Waals surface area contributed by atoms with Crippen molar-refractivity contribution in [1.29, 1.82) is 0 Å². The number of hydrogen-bond acceptors (Lipinski definition) is 4. The van der Waals surface area contributed by atoms with Crippen LogP contribution in [0.2, 0.25) is 5.15 Å². The molecule has 0 bridgehead atoms. The van der Waals surface area contributed by atoms with Gasteiger partial charge in [0.05, 0.1) is 6.33 Å². The molecule has 0 aliphatic carbocycles. The van der Waals surface area contributed by atoms with Crippen molar-refractivity contribution in [1.82, 2.24) is 19.9 Å². The molecule has 0 unspecified atom stereocenters. The molecule has 0 aromatic carbocycles. The van der Waals surface area contributed by atoms with Crippen LogP contribution in [0.25, 0.3) is 11.0 Å². The van der Waals surface area contributed by atoms with Crippen LogP contribution in [0.1, 0.15) is 0 Å². The van der Waals surface area contributed by atoms with E-state index in [1.807, 2.05) is 0 Å². The Morgan fingerprint density at radius 2 is 2.17 bits per heavy atom. The van der Waals surface area contributed by atoms with Gasteiger partial charge in [-0.25, -0.2) is 15.0 Å². The van der Waals surface area contributed by atoms with Gasteiger partial charge in [-0.15, -0.1) is 0 Å². The summed E-state index contributed by atoms with van der Waals surface area (Å²) in [6.07, 6.45) is 2.53. The number of nitrogens with zero attached hydrogens (tertiary/aromatic N) is 3. The first-order valence-corrected chi connectivity index (χ1v) is 3.51. The summed E-state index contributed by atoms with van der Waals surface area (Å²) >= 11 is 5.65. The average molecular weight is 183 g/mol. The smallest absolute Gasteiger partial charge is 0.263 e. The van der Waals surface area contributed by atoms with E-state index in [1.54, 1.807) is 0 Å². The predicted molar refractivity (Wildman–Crippen MR) is 43.0 cm³/mol. The maximum absolute atomic E-state index is 11.1. The summed E-state index contributed by atoms with van der Waals surface area (Å²) in [5, 5.41) is 0.344. The molecule has 0 atom stereocenters. The predicted octanol–water partition coefficient (Wildman–Crippen LogP) is 0.366. The minimum absolute atomic E-state index is 0.120. The van der Waals surface area contributed by atoms with Gasteiger partial charge < -0.3 is 4.98 Å². The van der Waals surface area contributed by atoms with Crippen molar-refractivity contribution in [2.24, 2.45) is 0 Å².